The smallest absolute Gasteiger partial charge is 0.270 e. The van der Waals surface area contributed by atoms with Gasteiger partial charge in [-0.2, -0.15) is 0 Å². The number of aliphatic imine (C=N–C) groups is 1. The average Bonchev–Trinajstić information content (AvgIpc) is 3.08. The van der Waals surface area contributed by atoms with Crippen molar-refractivity contribution < 1.29 is 9.72 Å². The molecule has 0 saturated heterocycles. The molecule has 1 aliphatic heterocycles. The standard InChI is InChI=1S/C20H22N4O3/c1-20(2,12-22-18-17-9-4-3-6-15(17)11-21-18)13-23-19(25)14-7-5-8-16(10-14)24(26)27/h3-10H,11-13H2,1-2H3,(H,21,22)(H,23,25). The number of nitro benzene ring substituents is 1. The van der Waals surface area contributed by atoms with E-state index in [2.05, 4.69) is 21.7 Å². The lowest BCUT2D eigenvalue weighted by molar-refractivity contribution is -0.384. The molecule has 140 valence electrons. The second-order valence-corrected chi connectivity index (χ2v) is 7.33. The Balaban J connectivity index is 1.55. The zero-order valence-corrected chi connectivity index (χ0v) is 15.4. The largest absolute Gasteiger partial charge is 0.369 e. The van der Waals surface area contributed by atoms with Crippen LogP contribution in [0.25, 0.3) is 0 Å². The van der Waals surface area contributed by atoms with Gasteiger partial charge in [0.2, 0.25) is 0 Å². The Morgan fingerprint density at radius 1 is 1.19 bits per heavy atom. The van der Waals surface area contributed by atoms with Crippen molar-refractivity contribution in [2.75, 3.05) is 13.1 Å². The lowest BCUT2D eigenvalue weighted by atomic mass is 9.93. The number of carbonyl (C=O) groups is 1. The molecule has 0 saturated carbocycles. The van der Waals surface area contributed by atoms with Crippen LogP contribution in [-0.2, 0) is 6.54 Å². The number of nitrogens with one attached hydrogen (secondary N) is 2. The molecule has 2 N–H and O–H groups in total. The summed E-state index contributed by atoms with van der Waals surface area (Å²) in [7, 11) is 0. The third-order valence-corrected chi connectivity index (χ3v) is 4.46. The summed E-state index contributed by atoms with van der Waals surface area (Å²) in [5.41, 5.74) is 2.28. The highest BCUT2D eigenvalue weighted by Crippen LogP contribution is 2.19. The molecule has 2 aromatic carbocycles. The van der Waals surface area contributed by atoms with E-state index in [9.17, 15) is 14.9 Å². The van der Waals surface area contributed by atoms with Gasteiger partial charge in [0.1, 0.15) is 5.84 Å². The van der Waals surface area contributed by atoms with Crippen molar-refractivity contribution in [1.82, 2.24) is 10.6 Å². The Kier molecular flexibility index (Phi) is 5.21. The van der Waals surface area contributed by atoms with Gasteiger partial charge in [-0.1, -0.05) is 44.2 Å². The van der Waals surface area contributed by atoms with Crippen LogP contribution in [0.5, 0.6) is 0 Å². The van der Waals surface area contributed by atoms with Crippen LogP contribution in [0.4, 0.5) is 5.69 Å². The molecular formula is C20H22N4O3. The lowest BCUT2D eigenvalue weighted by Crippen LogP contribution is -2.42. The van der Waals surface area contributed by atoms with Crippen molar-refractivity contribution in [3.63, 3.8) is 0 Å². The number of nitrogens with zero attached hydrogens (tertiary/aromatic N) is 2. The third kappa shape index (κ3) is 4.49. The summed E-state index contributed by atoms with van der Waals surface area (Å²) in [6, 6.07) is 13.8. The van der Waals surface area contributed by atoms with Crippen molar-refractivity contribution in [3.8, 4) is 0 Å². The number of rotatable bonds is 6. The maximum atomic E-state index is 12.3. The molecule has 3 rings (SSSR count). The second-order valence-electron chi connectivity index (χ2n) is 7.33. The molecule has 2 aromatic rings. The van der Waals surface area contributed by atoms with Crippen molar-refractivity contribution >= 4 is 17.4 Å². The molecule has 0 bridgehead atoms. The zero-order chi connectivity index (χ0) is 19.4. The van der Waals surface area contributed by atoms with Crippen molar-refractivity contribution in [3.05, 3.63) is 75.3 Å². The zero-order valence-electron chi connectivity index (χ0n) is 15.4. The van der Waals surface area contributed by atoms with E-state index in [4.69, 9.17) is 0 Å². The van der Waals surface area contributed by atoms with Gasteiger partial charge in [-0.05, 0) is 17.0 Å². The SMILES string of the molecule is CC(C)(CNC(=O)c1cccc([N+](=O)[O-])c1)CNC1=NCc2ccccc21. The van der Waals surface area contributed by atoms with Crippen LogP contribution in [0, 0.1) is 15.5 Å². The van der Waals surface area contributed by atoms with Gasteiger partial charge in [0.25, 0.3) is 11.6 Å². The maximum Gasteiger partial charge on any atom is 0.270 e. The molecule has 1 amide bonds. The number of fused-ring (bicyclic) bond motifs is 1. The van der Waals surface area contributed by atoms with Gasteiger partial charge in [0.15, 0.2) is 0 Å². The van der Waals surface area contributed by atoms with Crippen LogP contribution in [0.15, 0.2) is 53.5 Å². The van der Waals surface area contributed by atoms with E-state index in [-0.39, 0.29) is 22.6 Å². The molecule has 0 fully saturated rings. The molecule has 7 nitrogen and oxygen atoms in total. The quantitative estimate of drug-likeness (QED) is 0.607. The third-order valence-electron chi connectivity index (χ3n) is 4.46. The van der Waals surface area contributed by atoms with Crippen LogP contribution >= 0.6 is 0 Å². The van der Waals surface area contributed by atoms with Gasteiger partial charge in [-0.3, -0.25) is 19.9 Å². The van der Waals surface area contributed by atoms with E-state index in [0.29, 0.717) is 19.6 Å². The van der Waals surface area contributed by atoms with E-state index in [1.165, 1.54) is 23.8 Å². The molecule has 0 unspecified atom stereocenters. The van der Waals surface area contributed by atoms with E-state index in [1.807, 2.05) is 32.0 Å². The minimum Gasteiger partial charge on any atom is -0.369 e. The molecule has 0 aliphatic carbocycles. The average molecular weight is 366 g/mol. The number of non-ortho nitro benzene ring substituents is 1. The Hall–Kier alpha value is -3.22. The number of benzene rings is 2. The summed E-state index contributed by atoms with van der Waals surface area (Å²) in [6.07, 6.45) is 0. The van der Waals surface area contributed by atoms with Crippen LogP contribution in [0.2, 0.25) is 0 Å². The summed E-state index contributed by atoms with van der Waals surface area (Å²) < 4.78 is 0. The summed E-state index contributed by atoms with van der Waals surface area (Å²) in [6.45, 7) is 5.82. The topological polar surface area (TPSA) is 96.6 Å². The first-order chi connectivity index (χ1) is 12.9. The fourth-order valence-corrected chi connectivity index (χ4v) is 2.86. The maximum absolute atomic E-state index is 12.3. The monoisotopic (exact) mass is 366 g/mol. The van der Waals surface area contributed by atoms with Crippen LogP contribution in [0.1, 0.15) is 35.3 Å². The fourth-order valence-electron chi connectivity index (χ4n) is 2.86. The predicted octanol–water partition coefficient (Wildman–Crippen LogP) is 2.90. The van der Waals surface area contributed by atoms with Gasteiger partial charge in [-0.25, -0.2) is 0 Å². The van der Waals surface area contributed by atoms with Crippen molar-refractivity contribution in [2.24, 2.45) is 10.4 Å². The van der Waals surface area contributed by atoms with Gasteiger partial charge in [-0.15, -0.1) is 0 Å². The van der Waals surface area contributed by atoms with E-state index < -0.39 is 4.92 Å². The second kappa shape index (κ2) is 7.57. The molecule has 0 spiro atoms. The Labute approximate surface area is 157 Å². The first-order valence-corrected chi connectivity index (χ1v) is 8.75. The molecule has 1 heterocycles. The first-order valence-electron chi connectivity index (χ1n) is 8.75. The minimum atomic E-state index is -0.509. The number of amides is 1. The minimum absolute atomic E-state index is 0.0958. The van der Waals surface area contributed by atoms with Crippen molar-refractivity contribution in [1.29, 1.82) is 0 Å². The number of amidine groups is 1. The highest BCUT2D eigenvalue weighted by molar-refractivity contribution is 6.02. The van der Waals surface area contributed by atoms with E-state index in [0.717, 1.165) is 11.4 Å². The normalized spacial score (nSPS) is 12.9. The summed E-state index contributed by atoms with van der Waals surface area (Å²) in [5, 5.41) is 17.1. The summed E-state index contributed by atoms with van der Waals surface area (Å²) >= 11 is 0. The molecule has 0 aromatic heterocycles. The van der Waals surface area contributed by atoms with E-state index in [1.54, 1.807) is 6.07 Å². The fraction of sp³-hybridized carbons (Fsp3) is 0.300. The highest BCUT2D eigenvalue weighted by atomic mass is 16.6. The molecule has 7 heteroatoms. The molecule has 0 radical (unpaired) electrons. The highest BCUT2D eigenvalue weighted by Gasteiger charge is 2.22. The Morgan fingerprint density at radius 2 is 1.96 bits per heavy atom. The van der Waals surface area contributed by atoms with Crippen LogP contribution in [0.3, 0.4) is 0 Å². The van der Waals surface area contributed by atoms with Gasteiger partial charge in [0.05, 0.1) is 11.5 Å². The number of hydrogen-bond donors (Lipinski definition) is 2. The molecular weight excluding hydrogens is 344 g/mol. The van der Waals surface area contributed by atoms with Crippen LogP contribution in [-0.4, -0.2) is 29.8 Å². The lowest BCUT2D eigenvalue weighted by Gasteiger charge is -2.26. The van der Waals surface area contributed by atoms with Crippen molar-refractivity contribution in [2.45, 2.75) is 20.4 Å². The van der Waals surface area contributed by atoms with E-state index >= 15 is 0 Å². The Morgan fingerprint density at radius 3 is 2.74 bits per heavy atom. The number of carbonyl (C=O) groups excluding carboxylic acids is 1. The number of nitro groups is 1. The van der Waals surface area contributed by atoms with Gasteiger partial charge >= 0.3 is 0 Å². The molecule has 27 heavy (non-hydrogen) atoms. The van der Waals surface area contributed by atoms with Crippen LogP contribution < -0.4 is 10.6 Å². The first kappa shape index (κ1) is 18.6. The molecule has 1 aliphatic rings. The van der Waals surface area contributed by atoms with Gasteiger partial charge in [0, 0.05) is 36.3 Å². The number of hydrogen-bond acceptors (Lipinski definition) is 5. The Bertz CT molecular complexity index is 906. The summed E-state index contributed by atoms with van der Waals surface area (Å²) in [4.78, 5) is 27.2. The predicted molar refractivity (Wildman–Crippen MR) is 104 cm³/mol. The molecule has 0 atom stereocenters. The summed E-state index contributed by atoms with van der Waals surface area (Å²) in [5.74, 6) is 0.555. The van der Waals surface area contributed by atoms with Gasteiger partial charge < -0.3 is 10.6 Å².